The molecule has 0 fully saturated rings. The largest absolute Gasteiger partial charge is 0.324 e. The third kappa shape index (κ3) is 3.37. The molecule has 0 aromatic heterocycles. The highest BCUT2D eigenvalue weighted by atomic mass is 35.5. The zero-order valence-corrected chi connectivity index (χ0v) is 10.7. The van der Waals surface area contributed by atoms with E-state index in [1.807, 2.05) is 6.92 Å². The average molecular weight is 261 g/mol. The minimum absolute atomic E-state index is 0.256. The van der Waals surface area contributed by atoms with Gasteiger partial charge < -0.3 is 11.1 Å². The number of amides is 1. The monoisotopic (exact) mass is 260 g/mol. The van der Waals surface area contributed by atoms with E-state index in [1.165, 1.54) is 0 Å². The number of halogens is 2. The Morgan fingerprint density at radius 1 is 1.38 bits per heavy atom. The smallest absolute Gasteiger partial charge is 0.244 e. The minimum Gasteiger partial charge on any atom is -0.324 e. The average Bonchev–Trinajstić information content (AvgIpc) is 2.15. The molecular formula is C11H14Cl2N2O. The Bertz CT molecular complexity index is 385. The van der Waals surface area contributed by atoms with Gasteiger partial charge in [-0.15, -0.1) is 0 Å². The SMILES string of the molecule is CCC(C)(N)C(=O)Nc1cc(Cl)cc(Cl)c1. The van der Waals surface area contributed by atoms with Crippen molar-refractivity contribution in [3.05, 3.63) is 28.2 Å². The van der Waals surface area contributed by atoms with E-state index in [-0.39, 0.29) is 5.91 Å². The van der Waals surface area contributed by atoms with E-state index in [0.29, 0.717) is 22.2 Å². The Labute approximate surface area is 105 Å². The van der Waals surface area contributed by atoms with Crippen molar-refractivity contribution in [2.45, 2.75) is 25.8 Å². The number of carbonyl (C=O) groups is 1. The quantitative estimate of drug-likeness (QED) is 0.878. The molecule has 0 aliphatic rings. The summed E-state index contributed by atoms with van der Waals surface area (Å²) in [6.45, 7) is 3.53. The zero-order chi connectivity index (χ0) is 12.3. The van der Waals surface area contributed by atoms with Crippen LogP contribution >= 0.6 is 23.2 Å². The molecule has 1 amide bonds. The summed E-state index contributed by atoms with van der Waals surface area (Å²) in [4.78, 5) is 11.8. The maximum Gasteiger partial charge on any atom is 0.244 e. The molecule has 16 heavy (non-hydrogen) atoms. The number of benzene rings is 1. The van der Waals surface area contributed by atoms with E-state index in [4.69, 9.17) is 28.9 Å². The maximum absolute atomic E-state index is 11.8. The van der Waals surface area contributed by atoms with E-state index in [2.05, 4.69) is 5.32 Å². The summed E-state index contributed by atoms with van der Waals surface area (Å²) in [5.74, 6) is -0.256. The normalized spacial score (nSPS) is 14.3. The van der Waals surface area contributed by atoms with Crippen molar-refractivity contribution >= 4 is 34.8 Å². The summed E-state index contributed by atoms with van der Waals surface area (Å²) in [7, 11) is 0. The first-order chi connectivity index (χ1) is 7.35. The molecule has 1 aromatic carbocycles. The van der Waals surface area contributed by atoms with Crippen LogP contribution in [0.3, 0.4) is 0 Å². The second kappa shape index (κ2) is 5.04. The van der Waals surface area contributed by atoms with E-state index in [1.54, 1.807) is 25.1 Å². The van der Waals surface area contributed by atoms with Gasteiger partial charge in [0.05, 0.1) is 5.54 Å². The summed E-state index contributed by atoms with van der Waals surface area (Å²) >= 11 is 11.6. The fourth-order valence-electron chi connectivity index (χ4n) is 1.06. The van der Waals surface area contributed by atoms with Gasteiger partial charge >= 0.3 is 0 Å². The van der Waals surface area contributed by atoms with Gasteiger partial charge in [-0.05, 0) is 31.5 Å². The standard InChI is InChI=1S/C11H14Cl2N2O/c1-3-11(2,14)10(16)15-9-5-7(12)4-8(13)6-9/h4-6H,3,14H2,1-2H3,(H,15,16). The second-order valence-corrected chi connectivity index (χ2v) is 4.76. The number of hydrogen-bond donors (Lipinski definition) is 2. The Morgan fingerprint density at radius 2 is 1.88 bits per heavy atom. The van der Waals surface area contributed by atoms with Crippen molar-refractivity contribution in [2.75, 3.05) is 5.32 Å². The molecule has 88 valence electrons. The molecule has 3 nitrogen and oxygen atoms in total. The van der Waals surface area contributed by atoms with Crippen molar-refractivity contribution in [3.8, 4) is 0 Å². The Kier molecular flexibility index (Phi) is 4.19. The number of anilines is 1. The van der Waals surface area contributed by atoms with E-state index in [0.717, 1.165) is 0 Å². The van der Waals surface area contributed by atoms with Gasteiger partial charge in [-0.1, -0.05) is 30.1 Å². The van der Waals surface area contributed by atoms with Crippen LogP contribution in [0.1, 0.15) is 20.3 Å². The van der Waals surface area contributed by atoms with Crippen molar-refractivity contribution in [3.63, 3.8) is 0 Å². The van der Waals surface area contributed by atoms with Gasteiger partial charge in [-0.3, -0.25) is 4.79 Å². The first-order valence-corrected chi connectivity index (χ1v) is 5.67. The van der Waals surface area contributed by atoms with Crippen LogP contribution in [0.2, 0.25) is 10.0 Å². The molecule has 1 atom stereocenters. The molecule has 0 radical (unpaired) electrons. The number of carbonyl (C=O) groups excluding carboxylic acids is 1. The van der Waals surface area contributed by atoms with Crippen LogP contribution in [-0.2, 0) is 4.79 Å². The lowest BCUT2D eigenvalue weighted by Crippen LogP contribution is -2.47. The highest BCUT2D eigenvalue weighted by Gasteiger charge is 2.25. The van der Waals surface area contributed by atoms with Crippen LogP contribution in [-0.4, -0.2) is 11.4 Å². The molecule has 5 heteroatoms. The third-order valence-electron chi connectivity index (χ3n) is 2.37. The van der Waals surface area contributed by atoms with Crippen LogP contribution in [0.4, 0.5) is 5.69 Å². The van der Waals surface area contributed by atoms with Gasteiger partial charge in [0.2, 0.25) is 5.91 Å². The maximum atomic E-state index is 11.8. The lowest BCUT2D eigenvalue weighted by molar-refractivity contribution is -0.120. The molecular weight excluding hydrogens is 247 g/mol. The van der Waals surface area contributed by atoms with Crippen molar-refractivity contribution in [1.82, 2.24) is 0 Å². The zero-order valence-electron chi connectivity index (χ0n) is 9.18. The highest BCUT2D eigenvalue weighted by molar-refractivity contribution is 6.35. The third-order valence-corrected chi connectivity index (χ3v) is 2.81. The number of nitrogens with two attached hydrogens (primary N) is 1. The number of hydrogen-bond acceptors (Lipinski definition) is 2. The first kappa shape index (κ1) is 13.3. The van der Waals surface area contributed by atoms with Crippen LogP contribution in [0, 0.1) is 0 Å². The molecule has 1 rings (SSSR count). The summed E-state index contributed by atoms with van der Waals surface area (Å²) in [5.41, 5.74) is 5.46. The predicted octanol–water partition coefficient (Wildman–Crippen LogP) is 3.06. The van der Waals surface area contributed by atoms with Crippen LogP contribution in [0.25, 0.3) is 0 Å². The van der Waals surface area contributed by atoms with Crippen LogP contribution in [0.15, 0.2) is 18.2 Å². The Morgan fingerprint density at radius 3 is 2.31 bits per heavy atom. The van der Waals surface area contributed by atoms with Crippen molar-refractivity contribution in [2.24, 2.45) is 5.73 Å². The van der Waals surface area contributed by atoms with Crippen LogP contribution in [0.5, 0.6) is 0 Å². The molecule has 0 heterocycles. The van der Waals surface area contributed by atoms with E-state index in [9.17, 15) is 4.79 Å². The second-order valence-electron chi connectivity index (χ2n) is 3.88. The molecule has 0 saturated carbocycles. The molecule has 0 saturated heterocycles. The van der Waals surface area contributed by atoms with Crippen molar-refractivity contribution < 1.29 is 4.79 Å². The summed E-state index contributed by atoms with van der Waals surface area (Å²) in [6, 6.07) is 4.84. The number of nitrogens with one attached hydrogen (secondary N) is 1. The lowest BCUT2D eigenvalue weighted by Gasteiger charge is -2.21. The highest BCUT2D eigenvalue weighted by Crippen LogP contribution is 2.23. The fourth-order valence-corrected chi connectivity index (χ4v) is 1.59. The molecule has 0 bridgehead atoms. The summed E-state index contributed by atoms with van der Waals surface area (Å²) < 4.78 is 0. The van der Waals surface area contributed by atoms with Crippen LogP contribution < -0.4 is 11.1 Å². The molecule has 1 aromatic rings. The van der Waals surface area contributed by atoms with E-state index >= 15 is 0 Å². The summed E-state index contributed by atoms with van der Waals surface area (Å²) in [6.07, 6.45) is 0.549. The predicted molar refractivity (Wildman–Crippen MR) is 68.0 cm³/mol. The van der Waals surface area contributed by atoms with Gasteiger partial charge in [0.25, 0.3) is 0 Å². The summed E-state index contributed by atoms with van der Waals surface area (Å²) in [5, 5.41) is 3.62. The molecule has 0 aliphatic heterocycles. The molecule has 0 aliphatic carbocycles. The molecule has 0 spiro atoms. The van der Waals surface area contributed by atoms with E-state index < -0.39 is 5.54 Å². The lowest BCUT2D eigenvalue weighted by atomic mass is 9.99. The Balaban J connectivity index is 2.85. The topological polar surface area (TPSA) is 55.1 Å². The first-order valence-electron chi connectivity index (χ1n) is 4.91. The van der Waals surface area contributed by atoms with Gasteiger partial charge in [0.15, 0.2) is 0 Å². The Hall–Kier alpha value is -0.770. The van der Waals surface area contributed by atoms with Crippen molar-refractivity contribution in [1.29, 1.82) is 0 Å². The number of rotatable bonds is 3. The minimum atomic E-state index is -0.894. The van der Waals surface area contributed by atoms with Gasteiger partial charge in [0.1, 0.15) is 0 Å². The van der Waals surface area contributed by atoms with Gasteiger partial charge in [-0.25, -0.2) is 0 Å². The van der Waals surface area contributed by atoms with Gasteiger partial charge in [-0.2, -0.15) is 0 Å². The van der Waals surface area contributed by atoms with Gasteiger partial charge in [0, 0.05) is 15.7 Å². The molecule has 3 N–H and O–H groups in total. The molecule has 1 unspecified atom stereocenters. The fraction of sp³-hybridized carbons (Fsp3) is 0.364.